The van der Waals surface area contributed by atoms with Crippen molar-refractivity contribution in [3.63, 3.8) is 0 Å². The average Bonchev–Trinajstić information content (AvgIpc) is 2.35. The van der Waals surface area contributed by atoms with Crippen LogP contribution in [0.1, 0.15) is 5.56 Å². The fourth-order valence-corrected chi connectivity index (χ4v) is 4.08. The smallest absolute Gasteiger partial charge is 0.269 e. The second-order valence-electron chi connectivity index (χ2n) is 4.72. The molecule has 124 valence electrons. The van der Waals surface area contributed by atoms with Crippen molar-refractivity contribution >= 4 is 43.1 Å². The van der Waals surface area contributed by atoms with Crippen LogP contribution >= 0.6 is 11.6 Å². The third-order valence-electron chi connectivity index (χ3n) is 2.77. The maximum Gasteiger partial charge on any atom is 0.269 e. The van der Waals surface area contributed by atoms with Crippen molar-refractivity contribution in [2.24, 2.45) is 0 Å². The van der Waals surface area contributed by atoms with Gasteiger partial charge in [-0.1, -0.05) is 23.7 Å². The Balaban J connectivity index is 2.32. The molecule has 0 spiro atoms. The number of sulfonamides is 1. The van der Waals surface area contributed by atoms with Crippen molar-refractivity contribution in [3.05, 3.63) is 53.1 Å². The summed E-state index contributed by atoms with van der Waals surface area (Å²) in [6.07, 6.45) is 0. The normalized spacial score (nSPS) is 12.1. The van der Waals surface area contributed by atoms with Crippen LogP contribution in [0.3, 0.4) is 0 Å². The predicted molar refractivity (Wildman–Crippen MR) is 88.4 cm³/mol. The van der Waals surface area contributed by atoms with Crippen molar-refractivity contribution in [1.82, 2.24) is 0 Å². The van der Waals surface area contributed by atoms with Crippen LogP contribution in [0.2, 0.25) is 5.02 Å². The second kappa shape index (κ2) is 6.36. The van der Waals surface area contributed by atoms with E-state index in [9.17, 15) is 16.8 Å². The van der Waals surface area contributed by atoms with Gasteiger partial charge in [-0.15, -0.1) is 0 Å². The van der Waals surface area contributed by atoms with Gasteiger partial charge in [-0.25, -0.2) is 8.42 Å². The van der Waals surface area contributed by atoms with E-state index in [1.807, 2.05) is 0 Å². The second-order valence-corrected chi connectivity index (χ2v) is 8.23. The summed E-state index contributed by atoms with van der Waals surface area (Å²) >= 11 is 5.89. The van der Waals surface area contributed by atoms with E-state index in [-0.39, 0.29) is 21.2 Å². The Labute approximate surface area is 138 Å². The molecule has 23 heavy (non-hydrogen) atoms. The third-order valence-corrected chi connectivity index (χ3v) is 5.34. The summed E-state index contributed by atoms with van der Waals surface area (Å²) < 4.78 is 57.5. The standard InChI is InChI=1S/C13H13ClN2O5S2/c14-12-7-10(15)4-5-13(12)23(20,21)16-11-3-1-2-9(6-11)8-22(17,18)19/h1-7,16H,8,15H2,(H,17,18,19). The van der Waals surface area contributed by atoms with Gasteiger partial charge in [-0.3, -0.25) is 9.27 Å². The van der Waals surface area contributed by atoms with Crippen molar-refractivity contribution in [1.29, 1.82) is 0 Å². The summed E-state index contributed by atoms with van der Waals surface area (Å²) in [5, 5.41) is -0.0356. The topological polar surface area (TPSA) is 127 Å². The molecule has 0 fully saturated rings. The number of halogens is 1. The summed E-state index contributed by atoms with van der Waals surface area (Å²) in [5.41, 5.74) is 6.22. The SMILES string of the molecule is Nc1ccc(S(=O)(=O)Nc2cccc(CS(=O)(=O)O)c2)c(Cl)c1. The number of hydrogen-bond acceptors (Lipinski definition) is 5. The van der Waals surface area contributed by atoms with E-state index in [0.717, 1.165) is 0 Å². The molecule has 0 amide bonds. The minimum absolute atomic E-state index is 0.0356. The maximum absolute atomic E-state index is 12.3. The van der Waals surface area contributed by atoms with Crippen LogP contribution in [-0.4, -0.2) is 21.4 Å². The maximum atomic E-state index is 12.3. The van der Waals surface area contributed by atoms with Crippen molar-refractivity contribution in [2.75, 3.05) is 10.5 Å². The molecule has 0 bridgehead atoms. The van der Waals surface area contributed by atoms with Gasteiger partial charge in [0.05, 0.1) is 5.02 Å². The molecule has 2 aromatic rings. The Morgan fingerprint density at radius 1 is 1.09 bits per heavy atom. The summed E-state index contributed by atoms with van der Waals surface area (Å²) in [5.74, 6) is -0.620. The van der Waals surface area contributed by atoms with Crippen LogP contribution in [0.25, 0.3) is 0 Å². The van der Waals surface area contributed by atoms with Crippen molar-refractivity contribution in [3.8, 4) is 0 Å². The van der Waals surface area contributed by atoms with Crippen LogP contribution in [0, 0.1) is 0 Å². The van der Waals surface area contributed by atoms with Gasteiger partial charge in [0.2, 0.25) is 0 Å². The molecule has 0 aliphatic heterocycles. The zero-order valence-electron chi connectivity index (χ0n) is 11.6. The van der Waals surface area contributed by atoms with E-state index >= 15 is 0 Å². The van der Waals surface area contributed by atoms with Gasteiger partial charge in [-0.05, 0) is 35.9 Å². The molecular weight excluding hydrogens is 364 g/mol. The van der Waals surface area contributed by atoms with Gasteiger partial charge in [0, 0.05) is 11.4 Å². The van der Waals surface area contributed by atoms with E-state index < -0.39 is 25.9 Å². The van der Waals surface area contributed by atoms with E-state index in [4.69, 9.17) is 21.9 Å². The molecule has 2 aromatic carbocycles. The molecule has 2 rings (SSSR count). The zero-order chi connectivity index (χ0) is 17.3. The zero-order valence-corrected chi connectivity index (χ0v) is 14.0. The van der Waals surface area contributed by atoms with Crippen LogP contribution < -0.4 is 10.5 Å². The Morgan fingerprint density at radius 2 is 1.78 bits per heavy atom. The molecule has 0 saturated heterocycles. The van der Waals surface area contributed by atoms with Gasteiger partial charge in [0.15, 0.2) is 0 Å². The number of nitrogen functional groups attached to an aromatic ring is 1. The predicted octanol–water partition coefficient (Wildman–Crippen LogP) is 2.11. The number of anilines is 2. The monoisotopic (exact) mass is 376 g/mol. The van der Waals surface area contributed by atoms with E-state index in [0.29, 0.717) is 5.69 Å². The number of hydrogen-bond donors (Lipinski definition) is 3. The van der Waals surface area contributed by atoms with Gasteiger partial charge in [0.25, 0.3) is 20.1 Å². The molecule has 7 nitrogen and oxygen atoms in total. The number of nitrogens with one attached hydrogen (secondary N) is 1. The molecule has 0 radical (unpaired) electrons. The highest BCUT2D eigenvalue weighted by Gasteiger charge is 2.18. The minimum Gasteiger partial charge on any atom is -0.399 e. The van der Waals surface area contributed by atoms with Crippen LogP contribution in [0.4, 0.5) is 11.4 Å². The number of rotatable bonds is 5. The fraction of sp³-hybridized carbons (Fsp3) is 0.0769. The summed E-state index contributed by atoms with van der Waals surface area (Å²) in [4.78, 5) is -0.159. The minimum atomic E-state index is -4.21. The molecule has 0 saturated carbocycles. The van der Waals surface area contributed by atoms with Crippen molar-refractivity contribution in [2.45, 2.75) is 10.6 Å². The van der Waals surface area contributed by atoms with Gasteiger partial charge < -0.3 is 5.73 Å². The van der Waals surface area contributed by atoms with Crippen molar-refractivity contribution < 1.29 is 21.4 Å². The highest BCUT2D eigenvalue weighted by molar-refractivity contribution is 7.92. The lowest BCUT2D eigenvalue weighted by Gasteiger charge is -2.11. The fourth-order valence-electron chi connectivity index (χ4n) is 1.88. The van der Waals surface area contributed by atoms with E-state index in [1.54, 1.807) is 0 Å². The van der Waals surface area contributed by atoms with Crippen LogP contribution in [0.5, 0.6) is 0 Å². The Bertz CT molecular complexity index is 943. The quantitative estimate of drug-likeness (QED) is 0.541. The molecule has 0 atom stereocenters. The summed E-state index contributed by atoms with van der Waals surface area (Å²) in [6, 6.07) is 9.62. The first-order chi connectivity index (χ1) is 10.6. The lowest BCUT2D eigenvalue weighted by atomic mass is 10.2. The Kier molecular flexibility index (Phi) is 4.85. The summed E-state index contributed by atoms with van der Waals surface area (Å²) in [7, 11) is -8.18. The Morgan fingerprint density at radius 3 is 2.39 bits per heavy atom. The first kappa shape index (κ1) is 17.5. The van der Waals surface area contributed by atoms with Crippen LogP contribution in [-0.2, 0) is 25.9 Å². The van der Waals surface area contributed by atoms with E-state index in [2.05, 4.69) is 4.72 Å². The molecule has 0 heterocycles. The molecule has 0 aliphatic carbocycles. The lowest BCUT2D eigenvalue weighted by molar-refractivity contribution is 0.482. The molecule has 0 aliphatic rings. The Hall–Kier alpha value is -1.81. The first-order valence-corrected chi connectivity index (χ1v) is 9.66. The molecule has 0 aromatic heterocycles. The lowest BCUT2D eigenvalue weighted by Crippen LogP contribution is -2.14. The van der Waals surface area contributed by atoms with Gasteiger partial charge in [-0.2, -0.15) is 8.42 Å². The molecule has 0 unspecified atom stereocenters. The van der Waals surface area contributed by atoms with E-state index in [1.165, 1.54) is 42.5 Å². The highest BCUT2D eigenvalue weighted by Crippen LogP contribution is 2.26. The molecule has 4 N–H and O–H groups in total. The third kappa shape index (κ3) is 4.83. The number of benzene rings is 2. The molecule has 10 heteroatoms. The highest BCUT2D eigenvalue weighted by atomic mass is 35.5. The first-order valence-electron chi connectivity index (χ1n) is 6.19. The van der Waals surface area contributed by atoms with Crippen LogP contribution in [0.15, 0.2) is 47.4 Å². The van der Waals surface area contributed by atoms with Gasteiger partial charge >= 0.3 is 0 Å². The van der Waals surface area contributed by atoms with Gasteiger partial charge in [0.1, 0.15) is 10.6 Å². The largest absolute Gasteiger partial charge is 0.399 e. The summed E-state index contributed by atoms with van der Waals surface area (Å²) in [6.45, 7) is 0. The average molecular weight is 377 g/mol. The number of nitrogens with two attached hydrogens (primary N) is 1. The molecular formula is C13H13ClN2O5S2.